The normalized spacial score (nSPS) is 11.4. The van der Waals surface area contributed by atoms with E-state index in [1.54, 1.807) is 0 Å². The Morgan fingerprint density at radius 2 is 2.07 bits per heavy atom. The van der Waals surface area contributed by atoms with Crippen molar-refractivity contribution in [3.8, 4) is 0 Å². The number of hydrogen-bond donors (Lipinski definition) is 1. The zero-order valence-electron chi connectivity index (χ0n) is 6.96. The van der Waals surface area contributed by atoms with Crippen molar-refractivity contribution in [3.05, 3.63) is 23.0 Å². The van der Waals surface area contributed by atoms with E-state index >= 15 is 0 Å². The van der Waals surface area contributed by atoms with Crippen molar-refractivity contribution in [1.82, 2.24) is 10.2 Å². The van der Waals surface area contributed by atoms with E-state index in [1.807, 2.05) is 0 Å². The van der Waals surface area contributed by atoms with Crippen LogP contribution in [0.3, 0.4) is 0 Å². The van der Waals surface area contributed by atoms with Crippen LogP contribution in [0.2, 0.25) is 0 Å². The lowest BCUT2D eigenvalue weighted by Gasteiger charge is -2.08. The molecular formula is C7H5F3N2O2. The Bertz CT molecular complexity index is 376. The van der Waals surface area contributed by atoms with Crippen molar-refractivity contribution in [3.63, 3.8) is 0 Å². The van der Waals surface area contributed by atoms with E-state index in [9.17, 15) is 18.0 Å². The van der Waals surface area contributed by atoms with Crippen LogP contribution < -0.4 is 0 Å². The zero-order chi connectivity index (χ0) is 10.9. The van der Waals surface area contributed by atoms with Gasteiger partial charge < -0.3 is 5.11 Å². The van der Waals surface area contributed by atoms with Gasteiger partial charge >= 0.3 is 12.1 Å². The minimum Gasteiger partial charge on any atom is -0.478 e. The van der Waals surface area contributed by atoms with Crippen molar-refractivity contribution in [2.75, 3.05) is 0 Å². The molecule has 0 unspecified atom stereocenters. The average molecular weight is 206 g/mol. The van der Waals surface area contributed by atoms with Gasteiger partial charge in [-0.1, -0.05) is 0 Å². The van der Waals surface area contributed by atoms with E-state index in [-0.39, 0.29) is 0 Å². The molecule has 0 bridgehead atoms. The Hall–Kier alpha value is -1.66. The van der Waals surface area contributed by atoms with E-state index in [4.69, 9.17) is 5.11 Å². The standard InChI is InChI=1S/C7H5F3N2O2/c1-3-4(6(13)14)2-11-12-5(3)7(8,9)10/h2H,1H3,(H,13,14). The molecule has 0 aliphatic carbocycles. The van der Waals surface area contributed by atoms with Crippen molar-refractivity contribution in [1.29, 1.82) is 0 Å². The fraction of sp³-hybridized carbons (Fsp3) is 0.286. The second-order valence-corrected chi connectivity index (χ2v) is 2.53. The van der Waals surface area contributed by atoms with E-state index in [1.165, 1.54) is 0 Å². The number of alkyl halides is 3. The Morgan fingerprint density at radius 1 is 1.50 bits per heavy atom. The Kier molecular flexibility index (Phi) is 2.41. The molecule has 0 aliphatic heterocycles. The highest BCUT2D eigenvalue weighted by Gasteiger charge is 2.36. The first-order valence-electron chi connectivity index (χ1n) is 3.47. The predicted octanol–water partition coefficient (Wildman–Crippen LogP) is 1.50. The van der Waals surface area contributed by atoms with Crippen LogP contribution >= 0.6 is 0 Å². The maximum absolute atomic E-state index is 12.2. The molecule has 1 aromatic heterocycles. The van der Waals surface area contributed by atoms with E-state index in [0.29, 0.717) is 0 Å². The molecular weight excluding hydrogens is 201 g/mol. The summed E-state index contributed by atoms with van der Waals surface area (Å²) in [6, 6.07) is 0. The van der Waals surface area contributed by atoms with Gasteiger partial charge in [-0.2, -0.15) is 18.3 Å². The van der Waals surface area contributed by atoms with Crippen molar-refractivity contribution >= 4 is 5.97 Å². The molecule has 0 aliphatic rings. The molecule has 0 aromatic carbocycles. The third kappa shape index (κ3) is 1.81. The van der Waals surface area contributed by atoms with Crippen LogP contribution in [-0.2, 0) is 6.18 Å². The molecule has 0 atom stereocenters. The number of carboxylic acid groups (broad SMARTS) is 1. The summed E-state index contributed by atoms with van der Waals surface area (Å²) in [4.78, 5) is 10.5. The van der Waals surface area contributed by atoms with Crippen LogP contribution in [0.5, 0.6) is 0 Å². The highest BCUT2D eigenvalue weighted by atomic mass is 19.4. The van der Waals surface area contributed by atoms with Crippen LogP contribution in [0, 0.1) is 6.92 Å². The minimum absolute atomic E-state index is 0.431. The Morgan fingerprint density at radius 3 is 2.50 bits per heavy atom. The van der Waals surface area contributed by atoms with Crippen molar-refractivity contribution in [2.45, 2.75) is 13.1 Å². The summed E-state index contributed by atoms with van der Waals surface area (Å²) in [5.74, 6) is -1.46. The molecule has 0 saturated carbocycles. The molecule has 1 aromatic rings. The van der Waals surface area contributed by atoms with Gasteiger partial charge in [0, 0.05) is 0 Å². The molecule has 1 heterocycles. The van der Waals surface area contributed by atoms with Gasteiger partial charge in [-0.05, 0) is 12.5 Å². The molecule has 14 heavy (non-hydrogen) atoms. The number of rotatable bonds is 1. The first-order chi connectivity index (χ1) is 6.34. The number of halogens is 3. The summed E-state index contributed by atoms with van der Waals surface area (Å²) < 4.78 is 36.6. The van der Waals surface area contributed by atoms with Crippen LogP contribution in [-0.4, -0.2) is 21.3 Å². The smallest absolute Gasteiger partial charge is 0.435 e. The van der Waals surface area contributed by atoms with E-state index in [0.717, 1.165) is 13.1 Å². The fourth-order valence-corrected chi connectivity index (χ4v) is 0.929. The Labute approximate surface area is 76.4 Å². The lowest BCUT2D eigenvalue weighted by molar-refractivity contribution is -0.142. The zero-order valence-corrected chi connectivity index (χ0v) is 6.96. The molecule has 0 radical (unpaired) electrons. The van der Waals surface area contributed by atoms with Crippen LogP contribution in [0.15, 0.2) is 6.20 Å². The highest BCUT2D eigenvalue weighted by Crippen LogP contribution is 2.30. The fourth-order valence-electron chi connectivity index (χ4n) is 0.929. The third-order valence-corrected chi connectivity index (χ3v) is 1.60. The molecule has 1 rings (SSSR count). The second-order valence-electron chi connectivity index (χ2n) is 2.53. The molecule has 1 N–H and O–H groups in total. The molecule has 0 spiro atoms. The summed E-state index contributed by atoms with van der Waals surface area (Å²) >= 11 is 0. The monoisotopic (exact) mass is 206 g/mol. The number of aromatic nitrogens is 2. The lowest BCUT2D eigenvalue weighted by atomic mass is 10.1. The molecule has 0 fully saturated rings. The van der Waals surface area contributed by atoms with Gasteiger partial charge in [0.1, 0.15) is 0 Å². The van der Waals surface area contributed by atoms with Crippen LogP contribution in [0.1, 0.15) is 21.6 Å². The molecule has 0 saturated heterocycles. The third-order valence-electron chi connectivity index (χ3n) is 1.60. The van der Waals surface area contributed by atoms with Crippen LogP contribution in [0.4, 0.5) is 13.2 Å². The number of carboxylic acids is 1. The Balaban J connectivity index is 3.35. The predicted molar refractivity (Wildman–Crippen MR) is 38.7 cm³/mol. The van der Waals surface area contributed by atoms with Gasteiger partial charge in [0.2, 0.25) is 0 Å². The van der Waals surface area contributed by atoms with Crippen LogP contribution in [0.25, 0.3) is 0 Å². The van der Waals surface area contributed by atoms with Crippen molar-refractivity contribution in [2.24, 2.45) is 0 Å². The largest absolute Gasteiger partial charge is 0.478 e. The van der Waals surface area contributed by atoms with Gasteiger partial charge in [0.15, 0.2) is 5.69 Å². The number of hydrogen-bond acceptors (Lipinski definition) is 3. The van der Waals surface area contributed by atoms with Gasteiger partial charge in [-0.15, -0.1) is 5.10 Å². The summed E-state index contributed by atoms with van der Waals surface area (Å²) in [5, 5.41) is 14.4. The van der Waals surface area contributed by atoms with E-state index < -0.39 is 29.0 Å². The summed E-state index contributed by atoms with van der Waals surface area (Å²) in [6.07, 6.45) is -3.89. The first kappa shape index (κ1) is 10.4. The molecule has 76 valence electrons. The highest BCUT2D eigenvalue weighted by molar-refractivity contribution is 5.89. The van der Waals surface area contributed by atoms with Crippen molar-refractivity contribution < 1.29 is 23.1 Å². The van der Waals surface area contributed by atoms with Gasteiger partial charge in [0.05, 0.1) is 11.8 Å². The molecule has 7 heteroatoms. The van der Waals surface area contributed by atoms with E-state index in [2.05, 4.69) is 10.2 Å². The lowest BCUT2D eigenvalue weighted by Crippen LogP contribution is -2.15. The number of nitrogens with zero attached hydrogens (tertiary/aromatic N) is 2. The number of aromatic carboxylic acids is 1. The first-order valence-corrected chi connectivity index (χ1v) is 3.47. The average Bonchev–Trinajstić information content (AvgIpc) is 2.01. The SMILES string of the molecule is Cc1c(C(=O)O)cnnc1C(F)(F)F. The maximum atomic E-state index is 12.2. The van der Waals surface area contributed by atoms with Gasteiger partial charge in [0.25, 0.3) is 0 Å². The maximum Gasteiger partial charge on any atom is 0.435 e. The summed E-state index contributed by atoms with van der Waals surface area (Å²) in [5.41, 5.74) is -2.19. The summed E-state index contributed by atoms with van der Waals surface area (Å²) in [6.45, 7) is 1.04. The minimum atomic E-state index is -4.68. The van der Waals surface area contributed by atoms with Gasteiger partial charge in [-0.25, -0.2) is 4.79 Å². The second kappa shape index (κ2) is 3.24. The topological polar surface area (TPSA) is 63.1 Å². The summed E-state index contributed by atoms with van der Waals surface area (Å²) in [7, 11) is 0. The molecule has 0 amide bonds. The van der Waals surface area contributed by atoms with Gasteiger partial charge in [-0.3, -0.25) is 0 Å². The quantitative estimate of drug-likeness (QED) is 0.756. The molecule has 4 nitrogen and oxygen atoms in total. The number of carbonyl (C=O) groups is 1.